The number of carboxylic acids is 4. The second-order valence-electron chi connectivity index (χ2n) is 29.9. The number of anilines is 9. The maximum Gasteiger partial charge on any atom is 0.335 e. The predicted octanol–water partition coefficient (Wildman–Crippen LogP) is 28.2. The Labute approximate surface area is 762 Å². The molecule has 12 rings (SSSR count). The Morgan fingerprint density at radius 1 is 0.312 bits per heavy atom. The van der Waals surface area contributed by atoms with Crippen molar-refractivity contribution in [3.8, 4) is 46.0 Å². The second-order valence-corrected chi connectivity index (χ2v) is 30.7. The lowest BCUT2D eigenvalue weighted by Crippen LogP contribution is -2.26. The number of aromatic amines is 1. The molecule has 0 aliphatic carbocycles. The number of unbranched alkanes of at least 4 members (excludes halogenated alkanes) is 8. The van der Waals surface area contributed by atoms with Crippen LogP contribution in [0.5, 0.6) is 46.0 Å². The molecule has 3 heterocycles. The van der Waals surface area contributed by atoms with Crippen molar-refractivity contribution in [3.63, 3.8) is 0 Å². The van der Waals surface area contributed by atoms with Gasteiger partial charge in [-0.2, -0.15) is 11.3 Å². The Hall–Kier alpha value is -13.3. The van der Waals surface area contributed by atoms with E-state index in [9.17, 15) is 39.6 Å². The fourth-order valence-electron chi connectivity index (χ4n) is 13.0. The van der Waals surface area contributed by atoms with Crippen LogP contribution in [0.3, 0.4) is 0 Å². The van der Waals surface area contributed by atoms with Crippen LogP contribution in [0, 0.1) is 0 Å². The molecule has 684 valence electrons. The van der Waals surface area contributed by atoms with Gasteiger partial charge >= 0.3 is 23.9 Å². The molecule has 0 saturated heterocycles. The number of hydrogen-bond donors (Lipinski definition) is 9. The summed E-state index contributed by atoms with van der Waals surface area (Å²) in [5.41, 5.74) is 7.80. The molecule has 22 nitrogen and oxygen atoms in total. The molecule has 0 spiro atoms. The maximum atomic E-state index is 12.0. The molecule has 0 fully saturated rings. The lowest BCUT2D eigenvalue weighted by atomic mass is 10.1. The van der Waals surface area contributed by atoms with Crippen molar-refractivity contribution < 1.29 is 63.0 Å². The molecule has 0 aliphatic heterocycles. The highest BCUT2D eigenvalue weighted by molar-refractivity contribution is 7.07. The van der Waals surface area contributed by atoms with Gasteiger partial charge in [0.2, 0.25) is 0 Å². The van der Waals surface area contributed by atoms with Crippen molar-refractivity contribution in [3.05, 3.63) is 295 Å². The Balaban J connectivity index is 0.000000248. The number of aromatic nitrogens is 1. The number of thiophene rings is 1. The van der Waals surface area contributed by atoms with Crippen LogP contribution < -0.4 is 59.8 Å². The van der Waals surface area contributed by atoms with Gasteiger partial charge in [0.05, 0.1) is 80.3 Å². The van der Waals surface area contributed by atoms with E-state index in [0.717, 1.165) is 201 Å². The van der Waals surface area contributed by atoms with Crippen LogP contribution in [0.1, 0.15) is 200 Å². The molecule has 12 aromatic rings. The van der Waals surface area contributed by atoms with E-state index in [1.165, 1.54) is 0 Å². The minimum absolute atomic E-state index is 0.233. The quantitative estimate of drug-likeness (QED) is 0.0172. The molecule has 3 aromatic heterocycles. The van der Waals surface area contributed by atoms with E-state index in [-0.39, 0.29) is 22.3 Å². The van der Waals surface area contributed by atoms with Crippen LogP contribution >= 0.6 is 11.3 Å². The van der Waals surface area contributed by atoms with Crippen molar-refractivity contribution >= 4 is 86.4 Å². The lowest BCUT2D eigenvalue weighted by molar-refractivity contribution is 0.0686. The molecule has 0 amide bonds. The summed E-state index contributed by atoms with van der Waals surface area (Å²) in [4.78, 5) is 58.8. The highest BCUT2D eigenvalue weighted by Gasteiger charge is 2.26. The third-order valence-corrected chi connectivity index (χ3v) is 20.6. The van der Waals surface area contributed by atoms with E-state index in [4.69, 9.17) is 18.9 Å². The van der Waals surface area contributed by atoms with Crippen molar-refractivity contribution in [1.29, 1.82) is 0 Å². The highest BCUT2D eigenvalue weighted by Crippen LogP contribution is 2.46. The average molecular weight is 1760 g/mol. The van der Waals surface area contributed by atoms with Gasteiger partial charge in [0, 0.05) is 91.6 Å². The summed E-state index contributed by atoms with van der Waals surface area (Å²) in [7, 11) is 5.35. The van der Waals surface area contributed by atoms with E-state index >= 15 is 0 Å². The summed E-state index contributed by atoms with van der Waals surface area (Å²) >= 11 is 1.71. The number of nitrogens with one attached hydrogen (secondary N) is 5. The summed E-state index contributed by atoms with van der Waals surface area (Å²) in [5, 5.41) is 55.3. The van der Waals surface area contributed by atoms with Crippen molar-refractivity contribution in [2.24, 2.45) is 0 Å². The summed E-state index contributed by atoms with van der Waals surface area (Å²) in [6.45, 7) is 24.2. The molecule has 0 aliphatic rings. The van der Waals surface area contributed by atoms with E-state index in [2.05, 4.69) is 106 Å². The van der Waals surface area contributed by atoms with E-state index < -0.39 is 23.9 Å². The van der Waals surface area contributed by atoms with E-state index in [0.29, 0.717) is 51.5 Å². The number of carboxylic acid groups (broad SMARTS) is 4. The first kappa shape index (κ1) is 104. The molecule has 0 radical (unpaired) electrons. The average Bonchev–Trinajstić information content (AvgIpc) is 1.54. The zero-order chi connectivity index (χ0) is 92.3. The molecule has 23 heteroatoms. The van der Waals surface area contributed by atoms with Crippen molar-refractivity contribution in [2.75, 3.05) is 114 Å². The standard InChI is InChI=1S/C27H32N2O3.3C22H30N2O3.C4H5N.C4H4O.C4H4S/c1-3-5-17-29(18-6-4-2)25-20-21(27(30)31)19-24(28-22-13-9-7-10-14-22)26(25)32-23-15-11-8-12-16-23;3*1-4-6-13-24(14-7-5-2)20-16-17(22(25)26)15-19(23-3)21(20)27-18-11-9-8-10-12-18;3*1-2-4-5-3-1/h7-16,19-20,28H,3-6,17-18H2,1-2H3,(H,30,31);3*8-12,15-16,23H,4-7,13-14H2,1-3H3,(H,25,26);1-5H;2*1-4H. The van der Waals surface area contributed by atoms with Crippen LogP contribution in [-0.4, -0.2) is 123 Å². The van der Waals surface area contributed by atoms with Gasteiger partial charge in [-0.15, -0.1) is 0 Å². The molecule has 0 saturated carbocycles. The van der Waals surface area contributed by atoms with Gasteiger partial charge in [0.15, 0.2) is 23.0 Å². The monoisotopic (exact) mass is 1760 g/mol. The molecule has 0 bridgehead atoms. The van der Waals surface area contributed by atoms with Gasteiger partial charge in [-0.1, -0.05) is 210 Å². The van der Waals surface area contributed by atoms with Gasteiger partial charge < -0.3 is 89.6 Å². The number of para-hydroxylation sites is 5. The molecule has 128 heavy (non-hydrogen) atoms. The zero-order valence-electron chi connectivity index (χ0n) is 76.6. The molecular weight excluding hydrogens is 1630 g/mol. The van der Waals surface area contributed by atoms with Gasteiger partial charge in [-0.05, 0) is 196 Å². The minimum atomic E-state index is -0.959. The van der Waals surface area contributed by atoms with Gasteiger partial charge in [-0.3, -0.25) is 0 Å². The number of carbonyl (C=O) groups is 4. The summed E-state index contributed by atoms with van der Waals surface area (Å²) in [5.74, 6) is 1.75. The molecule has 0 unspecified atom stereocenters. The minimum Gasteiger partial charge on any atom is -0.478 e. The predicted molar refractivity (Wildman–Crippen MR) is 530 cm³/mol. The van der Waals surface area contributed by atoms with E-state index in [1.54, 1.807) is 93.5 Å². The summed E-state index contributed by atoms with van der Waals surface area (Å²) < 4.78 is 29.6. The third-order valence-electron chi connectivity index (χ3n) is 19.9. The van der Waals surface area contributed by atoms with Gasteiger partial charge in [-0.25, -0.2) is 19.2 Å². The topological polar surface area (TPSA) is 276 Å². The van der Waals surface area contributed by atoms with Crippen LogP contribution in [0.15, 0.2) is 277 Å². The fraction of sp³-hybridized carbons (Fsp3) is 0.333. The SMILES string of the molecule is CCCCN(CCCC)c1cc(C(=O)O)cc(NC)c1Oc1ccccc1.CCCCN(CCCC)c1cc(C(=O)O)cc(NC)c1Oc1ccccc1.CCCCN(CCCC)c1cc(C(=O)O)cc(NC)c1Oc1ccccc1.CCCCN(CCCC)c1cc(C(=O)O)cc(Nc2ccccc2)c1Oc1ccccc1.c1cc[nH]c1.c1ccoc1.c1ccsc1. The summed E-state index contributed by atoms with van der Waals surface area (Å²) in [6, 6.07) is 73.1. The maximum absolute atomic E-state index is 12.0. The first-order valence-corrected chi connectivity index (χ1v) is 45.8. The highest BCUT2D eigenvalue weighted by atomic mass is 32.1. The Morgan fingerprint density at radius 2 is 0.547 bits per heavy atom. The smallest absolute Gasteiger partial charge is 0.335 e. The number of hydrogen-bond acceptors (Lipinski definition) is 18. The van der Waals surface area contributed by atoms with Gasteiger partial charge in [0.1, 0.15) is 23.0 Å². The molecular formula is C105H135N9O13S. The van der Waals surface area contributed by atoms with Crippen LogP contribution in [-0.2, 0) is 0 Å². The molecule has 9 aromatic carbocycles. The number of aromatic carboxylic acids is 4. The summed E-state index contributed by atoms with van der Waals surface area (Å²) in [6.07, 6.45) is 23.9. The lowest BCUT2D eigenvalue weighted by Gasteiger charge is -2.29. The van der Waals surface area contributed by atoms with E-state index in [1.807, 2.05) is 211 Å². The number of furan rings is 1. The Bertz CT molecular complexity index is 4530. The first-order chi connectivity index (χ1) is 62.4. The number of nitrogens with zero attached hydrogens (tertiary/aromatic N) is 4. The van der Waals surface area contributed by atoms with Crippen LogP contribution in [0.25, 0.3) is 0 Å². The zero-order valence-corrected chi connectivity index (χ0v) is 77.4. The Morgan fingerprint density at radius 3 is 0.734 bits per heavy atom. The first-order valence-electron chi connectivity index (χ1n) is 44.9. The normalized spacial score (nSPS) is 10.2. The molecule has 9 N–H and O–H groups in total. The number of ether oxygens (including phenoxy) is 4. The largest absolute Gasteiger partial charge is 0.478 e. The fourth-order valence-corrected chi connectivity index (χ4v) is 13.5. The molecule has 0 atom stereocenters. The second kappa shape index (κ2) is 61.1. The van der Waals surface area contributed by atoms with Crippen molar-refractivity contribution in [1.82, 2.24) is 4.98 Å². The van der Waals surface area contributed by atoms with Gasteiger partial charge in [0.25, 0.3) is 0 Å². The van der Waals surface area contributed by atoms with Crippen molar-refractivity contribution in [2.45, 2.75) is 158 Å². The Kier molecular flexibility index (Phi) is 49.4. The van der Waals surface area contributed by atoms with Crippen LogP contribution in [0.4, 0.5) is 51.2 Å². The number of benzene rings is 9. The van der Waals surface area contributed by atoms with Crippen LogP contribution in [0.2, 0.25) is 0 Å². The number of H-pyrrole nitrogens is 1. The number of rotatable bonds is 45. The third kappa shape index (κ3) is 36.7.